The van der Waals surface area contributed by atoms with E-state index in [4.69, 9.17) is 14.2 Å². The van der Waals surface area contributed by atoms with Crippen molar-refractivity contribution in [2.24, 2.45) is 11.8 Å². The Labute approximate surface area is 201 Å². The maximum Gasteiger partial charge on any atom is 0.231 e. The van der Waals surface area contributed by atoms with Gasteiger partial charge in [-0.25, -0.2) is 0 Å². The van der Waals surface area contributed by atoms with Crippen LogP contribution in [0, 0.1) is 11.8 Å². The quantitative estimate of drug-likeness (QED) is 0.559. The summed E-state index contributed by atoms with van der Waals surface area (Å²) < 4.78 is 17.5. The van der Waals surface area contributed by atoms with Crippen LogP contribution in [0.3, 0.4) is 0 Å². The number of nitrogens with zero attached hydrogens (tertiary/aromatic N) is 1. The van der Waals surface area contributed by atoms with Crippen LogP contribution < -0.4 is 14.8 Å². The van der Waals surface area contributed by atoms with Crippen LogP contribution in [0.5, 0.6) is 11.5 Å². The molecule has 0 aliphatic carbocycles. The first-order chi connectivity index (χ1) is 17.1. The Hall–Kier alpha value is -3.78. The number of hydrogen-bond donors (Lipinski definition) is 2. The molecule has 0 unspecified atom stereocenters. The fourth-order valence-corrected chi connectivity index (χ4v) is 6.01. The molecule has 7 rings (SSSR count). The maximum absolute atomic E-state index is 13.5. The van der Waals surface area contributed by atoms with E-state index < -0.39 is 23.5 Å². The molecular weight excluding hydrogens is 446 g/mol. The molecule has 2 bridgehead atoms. The van der Waals surface area contributed by atoms with Gasteiger partial charge < -0.3 is 29.4 Å². The smallest absolute Gasteiger partial charge is 0.231 e. The number of fused-ring (bicyclic) bond motifs is 3. The van der Waals surface area contributed by atoms with Gasteiger partial charge in [0.1, 0.15) is 18.8 Å². The Morgan fingerprint density at radius 2 is 2.00 bits per heavy atom. The van der Waals surface area contributed by atoms with E-state index in [1.165, 1.54) is 10.9 Å². The first kappa shape index (κ1) is 20.6. The standard InChI is InChI=1S/C27H25N3O5/c31-25(29-17-5-6-20-22(13-17)34-12-11-33-20)23-21-7-9-27(35-21)15-30(26(32)24(23)27)10-8-16-14-28-19-4-2-1-3-18(16)19/h1-7,9,13-14,21,23-24,28H,8,10-12,15H2,(H,29,31)/t21-,23-,24-,27+/m1/s1. The lowest BCUT2D eigenvalue weighted by Crippen LogP contribution is -2.41. The summed E-state index contributed by atoms with van der Waals surface area (Å²) >= 11 is 0. The van der Waals surface area contributed by atoms with Crippen molar-refractivity contribution in [3.63, 3.8) is 0 Å². The summed E-state index contributed by atoms with van der Waals surface area (Å²) in [5.41, 5.74) is 2.15. The van der Waals surface area contributed by atoms with E-state index in [1.807, 2.05) is 41.4 Å². The topological polar surface area (TPSA) is 92.9 Å². The molecule has 1 spiro atoms. The highest BCUT2D eigenvalue weighted by Crippen LogP contribution is 2.52. The van der Waals surface area contributed by atoms with Crippen LogP contribution in [-0.4, -0.2) is 59.7 Å². The molecule has 4 aliphatic rings. The van der Waals surface area contributed by atoms with Gasteiger partial charge in [-0.05, 0) is 30.2 Å². The molecule has 8 nitrogen and oxygen atoms in total. The summed E-state index contributed by atoms with van der Waals surface area (Å²) in [5, 5.41) is 4.15. The number of anilines is 1. The molecule has 35 heavy (non-hydrogen) atoms. The third kappa shape index (κ3) is 3.16. The Kier molecular flexibility index (Phi) is 4.48. The number of carbonyl (C=O) groups excluding carboxylic acids is 2. The third-order valence-electron chi connectivity index (χ3n) is 7.62. The first-order valence-electron chi connectivity index (χ1n) is 12.0. The van der Waals surface area contributed by atoms with Gasteiger partial charge in [-0.3, -0.25) is 9.59 Å². The van der Waals surface area contributed by atoms with E-state index in [0.29, 0.717) is 43.5 Å². The molecule has 2 amide bonds. The van der Waals surface area contributed by atoms with Crippen LogP contribution >= 0.6 is 0 Å². The van der Waals surface area contributed by atoms with Crippen molar-refractivity contribution in [1.82, 2.24) is 9.88 Å². The summed E-state index contributed by atoms with van der Waals surface area (Å²) in [7, 11) is 0. The number of rotatable bonds is 5. The Bertz CT molecular complexity index is 1380. The highest BCUT2D eigenvalue weighted by molar-refractivity contribution is 5.99. The van der Waals surface area contributed by atoms with E-state index in [1.54, 1.807) is 18.2 Å². The van der Waals surface area contributed by atoms with Gasteiger partial charge in [0.05, 0.1) is 24.5 Å². The van der Waals surface area contributed by atoms with Crippen LogP contribution in [-0.2, 0) is 20.7 Å². The average molecular weight is 472 g/mol. The number of hydrogen-bond acceptors (Lipinski definition) is 5. The van der Waals surface area contributed by atoms with Crippen molar-refractivity contribution < 1.29 is 23.8 Å². The largest absolute Gasteiger partial charge is 0.486 e. The zero-order valence-electron chi connectivity index (χ0n) is 19.0. The van der Waals surface area contributed by atoms with E-state index in [-0.39, 0.29) is 11.8 Å². The highest BCUT2D eigenvalue weighted by atomic mass is 16.6. The Morgan fingerprint density at radius 3 is 2.91 bits per heavy atom. The number of amides is 2. The van der Waals surface area contributed by atoms with Crippen LogP contribution in [0.4, 0.5) is 5.69 Å². The molecular formula is C27H25N3O5. The van der Waals surface area contributed by atoms with Crippen molar-refractivity contribution in [1.29, 1.82) is 0 Å². The van der Waals surface area contributed by atoms with E-state index >= 15 is 0 Å². The summed E-state index contributed by atoms with van der Waals surface area (Å²) in [6, 6.07) is 13.5. The maximum atomic E-state index is 13.5. The molecule has 0 saturated carbocycles. The second kappa shape index (κ2) is 7.61. The van der Waals surface area contributed by atoms with E-state index in [2.05, 4.69) is 16.4 Å². The Morgan fingerprint density at radius 1 is 1.14 bits per heavy atom. The van der Waals surface area contributed by atoms with Gasteiger partial charge >= 0.3 is 0 Å². The average Bonchev–Trinajstić information content (AvgIpc) is 3.62. The van der Waals surface area contributed by atoms with Crippen LogP contribution in [0.15, 0.2) is 60.8 Å². The zero-order valence-corrected chi connectivity index (χ0v) is 19.0. The van der Waals surface area contributed by atoms with Gasteiger partial charge in [0.2, 0.25) is 11.8 Å². The van der Waals surface area contributed by atoms with Gasteiger partial charge in [0.25, 0.3) is 0 Å². The minimum atomic E-state index is -0.725. The highest BCUT2D eigenvalue weighted by Gasteiger charge is 2.66. The minimum absolute atomic E-state index is 0.0148. The predicted molar refractivity (Wildman–Crippen MR) is 128 cm³/mol. The molecule has 4 aliphatic heterocycles. The Balaban J connectivity index is 1.09. The number of aromatic nitrogens is 1. The molecule has 5 heterocycles. The SMILES string of the molecule is O=C(Nc1ccc2c(c1)OCCO2)[C@@H]1[C@H]2C=C[C@@]3(CN(CCc4c[nH]c5ccccc45)C(=O)[C@@H]13)O2. The summed E-state index contributed by atoms with van der Waals surface area (Å²) in [6.45, 7) is 2.03. The number of benzene rings is 2. The lowest BCUT2D eigenvalue weighted by molar-refractivity contribution is -0.135. The summed E-state index contributed by atoms with van der Waals surface area (Å²) in [6.07, 6.45) is 6.27. The third-order valence-corrected chi connectivity index (χ3v) is 7.62. The number of H-pyrrole nitrogens is 1. The number of ether oxygens (including phenoxy) is 3. The number of carbonyl (C=O) groups is 2. The molecule has 2 N–H and O–H groups in total. The molecule has 2 aromatic carbocycles. The first-order valence-corrected chi connectivity index (χ1v) is 12.0. The van der Waals surface area contributed by atoms with E-state index in [9.17, 15) is 9.59 Å². The van der Waals surface area contributed by atoms with Crippen molar-refractivity contribution >= 4 is 28.4 Å². The van der Waals surface area contributed by atoms with Gasteiger partial charge in [0.15, 0.2) is 11.5 Å². The molecule has 178 valence electrons. The van der Waals surface area contributed by atoms with Crippen LogP contribution in [0.2, 0.25) is 0 Å². The molecule has 4 atom stereocenters. The number of aromatic amines is 1. The zero-order chi connectivity index (χ0) is 23.6. The monoisotopic (exact) mass is 471 g/mol. The molecule has 2 fully saturated rings. The fraction of sp³-hybridized carbons (Fsp3) is 0.333. The van der Waals surface area contributed by atoms with Gasteiger partial charge in [-0.1, -0.05) is 30.4 Å². The normalized spacial score (nSPS) is 28.1. The van der Waals surface area contributed by atoms with E-state index in [0.717, 1.165) is 11.9 Å². The predicted octanol–water partition coefficient (Wildman–Crippen LogP) is 2.90. The number of para-hydroxylation sites is 1. The molecule has 8 heteroatoms. The minimum Gasteiger partial charge on any atom is -0.486 e. The molecule has 0 radical (unpaired) electrons. The van der Waals surface area contributed by atoms with Crippen LogP contribution in [0.1, 0.15) is 5.56 Å². The number of nitrogens with one attached hydrogen (secondary N) is 2. The van der Waals surface area contributed by atoms with Gasteiger partial charge in [-0.2, -0.15) is 0 Å². The van der Waals surface area contributed by atoms with Crippen molar-refractivity contribution in [2.75, 3.05) is 31.6 Å². The summed E-state index contributed by atoms with van der Waals surface area (Å²) in [4.78, 5) is 32.1. The second-order valence-corrected chi connectivity index (χ2v) is 9.62. The van der Waals surface area contributed by atoms with Crippen molar-refractivity contribution in [3.8, 4) is 11.5 Å². The van der Waals surface area contributed by atoms with Gasteiger partial charge in [-0.15, -0.1) is 0 Å². The summed E-state index contributed by atoms with van der Waals surface area (Å²) in [5.74, 6) is -0.0450. The second-order valence-electron chi connectivity index (χ2n) is 9.62. The molecule has 2 saturated heterocycles. The lowest BCUT2D eigenvalue weighted by atomic mass is 9.77. The molecule has 3 aromatic rings. The van der Waals surface area contributed by atoms with Crippen LogP contribution in [0.25, 0.3) is 10.9 Å². The van der Waals surface area contributed by atoms with Crippen molar-refractivity contribution in [2.45, 2.75) is 18.1 Å². The fourth-order valence-electron chi connectivity index (χ4n) is 6.01. The van der Waals surface area contributed by atoms with Gasteiger partial charge in [0, 0.05) is 35.4 Å². The molecule has 1 aromatic heterocycles. The number of likely N-dealkylation sites (tertiary alicyclic amines) is 1. The van der Waals surface area contributed by atoms with Crippen molar-refractivity contribution in [3.05, 3.63) is 66.4 Å². The lowest BCUT2D eigenvalue weighted by Gasteiger charge is -2.24.